The van der Waals surface area contributed by atoms with E-state index in [0.717, 1.165) is 0 Å². The molecule has 21 heavy (non-hydrogen) atoms. The lowest BCUT2D eigenvalue weighted by molar-refractivity contribution is 0.00578. The van der Waals surface area contributed by atoms with Gasteiger partial charge in [-0.2, -0.15) is 0 Å². The molecule has 1 heterocycles. The Morgan fingerprint density at radius 1 is 0.905 bits per heavy atom. The summed E-state index contributed by atoms with van der Waals surface area (Å²) in [7, 11) is -0.185. The molecular weight excluding hydrogens is 259 g/mol. The molecule has 0 spiro atoms. The van der Waals surface area contributed by atoms with Crippen molar-refractivity contribution in [3.05, 3.63) is 35.4 Å². The van der Waals surface area contributed by atoms with Gasteiger partial charge in [-0.25, -0.2) is 0 Å². The normalized spacial score (nSPS) is 22.4. The van der Waals surface area contributed by atoms with Crippen molar-refractivity contribution in [2.24, 2.45) is 0 Å². The molecule has 3 heteroatoms. The van der Waals surface area contributed by atoms with Gasteiger partial charge >= 0.3 is 7.12 Å². The molecule has 116 valence electrons. The van der Waals surface area contributed by atoms with Crippen LogP contribution in [0.15, 0.2) is 24.3 Å². The highest BCUT2D eigenvalue weighted by molar-refractivity contribution is 6.47. The minimum absolute atomic E-state index is 0.185. The molecule has 2 rings (SSSR count). The highest BCUT2D eigenvalue weighted by Gasteiger charge is 2.52. The van der Waals surface area contributed by atoms with Crippen molar-refractivity contribution < 1.29 is 9.31 Å². The van der Waals surface area contributed by atoms with Gasteiger partial charge in [0.2, 0.25) is 0 Å². The van der Waals surface area contributed by atoms with E-state index in [4.69, 9.17) is 9.31 Å². The maximum Gasteiger partial charge on any atom is 0.465 e. The lowest BCUT2D eigenvalue weighted by Crippen LogP contribution is -2.41. The zero-order chi connectivity index (χ0) is 16.1. The van der Waals surface area contributed by atoms with Gasteiger partial charge in [0.25, 0.3) is 0 Å². The molecule has 0 radical (unpaired) electrons. The standard InChI is InChI=1S/C18H29BO2/c1-13(19-20-17(5,6)18(7,8)21-19)14-9-11-15(12-10-14)16(2,3)4/h9-13H,1-8H3/t13-/m1/s1. The fraction of sp³-hybridized carbons (Fsp3) is 0.667. The van der Waals surface area contributed by atoms with Crippen LogP contribution in [0.1, 0.15) is 72.3 Å². The number of hydrogen-bond acceptors (Lipinski definition) is 2. The molecule has 0 N–H and O–H groups in total. The third kappa shape index (κ3) is 3.19. The summed E-state index contributed by atoms with van der Waals surface area (Å²) < 4.78 is 12.3. The fourth-order valence-corrected chi connectivity index (χ4v) is 2.54. The van der Waals surface area contributed by atoms with Crippen molar-refractivity contribution in [2.75, 3.05) is 0 Å². The zero-order valence-corrected chi connectivity index (χ0v) is 14.8. The molecule has 1 aromatic rings. The molecule has 1 fully saturated rings. The average molecular weight is 288 g/mol. The summed E-state index contributed by atoms with van der Waals surface area (Å²) in [6.45, 7) is 17.3. The molecule has 0 bridgehead atoms. The largest absolute Gasteiger partial charge is 0.465 e. The average Bonchev–Trinajstić information content (AvgIpc) is 2.57. The summed E-state index contributed by atoms with van der Waals surface area (Å²) in [4.78, 5) is 0. The van der Waals surface area contributed by atoms with Crippen molar-refractivity contribution in [2.45, 2.75) is 77.8 Å². The second-order valence-corrected chi connectivity index (χ2v) is 8.29. The predicted molar refractivity (Wildman–Crippen MR) is 89.6 cm³/mol. The number of benzene rings is 1. The van der Waals surface area contributed by atoms with Crippen LogP contribution in [0.25, 0.3) is 0 Å². The monoisotopic (exact) mass is 288 g/mol. The lowest BCUT2D eigenvalue weighted by Gasteiger charge is -2.32. The zero-order valence-electron chi connectivity index (χ0n) is 14.8. The molecule has 2 nitrogen and oxygen atoms in total. The van der Waals surface area contributed by atoms with Gasteiger partial charge in [0.1, 0.15) is 0 Å². The third-order valence-corrected chi connectivity index (χ3v) is 4.98. The summed E-state index contributed by atoms with van der Waals surface area (Å²) in [5.41, 5.74) is 2.27. The van der Waals surface area contributed by atoms with Crippen molar-refractivity contribution in [3.8, 4) is 0 Å². The van der Waals surface area contributed by atoms with E-state index in [2.05, 4.69) is 79.7 Å². The van der Waals surface area contributed by atoms with Gasteiger partial charge in [0, 0.05) is 5.82 Å². The van der Waals surface area contributed by atoms with E-state index in [9.17, 15) is 0 Å². The van der Waals surface area contributed by atoms with Gasteiger partial charge in [-0.1, -0.05) is 52.0 Å². The third-order valence-electron chi connectivity index (χ3n) is 4.98. The van der Waals surface area contributed by atoms with Crippen LogP contribution in [0.5, 0.6) is 0 Å². The SMILES string of the molecule is C[C@@H](B1OC(C)(C)C(C)(C)O1)c1ccc(C(C)(C)C)cc1. The molecule has 1 aliphatic rings. The summed E-state index contributed by atoms with van der Waals surface area (Å²) >= 11 is 0. The lowest BCUT2D eigenvalue weighted by atomic mass is 9.69. The molecule has 1 aliphatic heterocycles. The fourth-order valence-electron chi connectivity index (χ4n) is 2.54. The Morgan fingerprint density at radius 2 is 1.33 bits per heavy atom. The summed E-state index contributed by atoms with van der Waals surface area (Å²) in [5.74, 6) is 0.222. The molecule has 0 aromatic heterocycles. The Bertz CT molecular complexity index is 481. The van der Waals surface area contributed by atoms with E-state index in [1.807, 2.05) is 0 Å². The van der Waals surface area contributed by atoms with Crippen LogP contribution in [0, 0.1) is 0 Å². The molecule has 1 saturated heterocycles. The van der Waals surface area contributed by atoms with Crippen molar-refractivity contribution in [3.63, 3.8) is 0 Å². The van der Waals surface area contributed by atoms with Crippen LogP contribution >= 0.6 is 0 Å². The highest BCUT2D eigenvalue weighted by Crippen LogP contribution is 2.40. The van der Waals surface area contributed by atoms with Crippen LogP contribution in [-0.4, -0.2) is 18.3 Å². The summed E-state index contributed by atoms with van der Waals surface area (Å²) in [6, 6.07) is 8.85. The van der Waals surface area contributed by atoms with E-state index in [0.29, 0.717) is 0 Å². The van der Waals surface area contributed by atoms with Crippen LogP contribution in [0.4, 0.5) is 0 Å². The molecule has 1 aromatic carbocycles. The Kier molecular flexibility index (Phi) is 4.05. The second kappa shape index (κ2) is 5.14. The molecule has 1 atom stereocenters. The first-order valence-corrected chi connectivity index (χ1v) is 7.90. The minimum atomic E-state index is -0.267. The maximum atomic E-state index is 6.16. The van der Waals surface area contributed by atoms with Crippen LogP contribution in [0.2, 0.25) is 0 Å². The van der Waals surface area contributed by atoms with E-state index < -0.39 is 0 Å². The first-order chi connectivity index (χ1) is 9.44. The van der Waals surface area contributed by atoms with E-state index in [1.54, 1.807) is 0 Å². The van der Waals surface area contributed by atoms with Crippen molar-refractivity contribution in [1.82, 2.24) is 0 Å². The van der Waals surface area contributed by atoms with Crippen molar-refractivity contribution in [1.29, 1.82) is 0 Å². The van der Waals surface area contributed by atoms with Crippen LogP contribution in [0.3, 0.4) is 0 Å². The highest BCUT2D eigenvalue weighted by atomic mass is 16.7. The smallest absolute Gasteiger partial charge is 0.403 e. The van der Waals surface area contributed by atoms with Crippen LogP contribution < -0.4 is 0 Å². The van der Waals surface area contributed by atoms with E-state index >= 15 is 0 Å². The number of rotatable bonds is 2. The maximum absolute atomic E-state index is 6.16. The predicted octanol–water partition coefficient (Wildman–Crippen LogP) is 4.72. The van der Waals surface area contributed by atoms with E-state index in [1.165, 1.54) is 11.1 Å². The van der Waals surface area contributed by atoms with Crippen molar-refractivity contribution >= 4 is 7.12 Å². The molecule has 0 amide bonds. The first-order valence-electron chi connectivity index (χ1n) is 7.90. The number of hydrogen-bond donors (Lipinski definition) is 0. The van der Waals surface area contributed by atoms with Gasteiger partial charge in [-0.05, 0) is 44.2 Å². The Morgan fingerprint density at radius 3 is 1.71 bits per heavy atom. The summed E-state index contributed by atoms with van der Waals surface area (Å²) in [5, 5.41) is 0. The molecule has 0 saturated carbocycles. The Hall–Kier alpha value is -0.795. The van der Waals surface area contributed by atoms with E-state index in [-0.39, 0.29) is 29.6 Å². The molecular formula is C18H29BO2. The molecule has 0 aliphatic carbocycles. The minimum Gasteiger partial charge on any atom is -0.403 e. The van der Waals surface area contributed by atoms with Gasteiger partial charge in [0.05, 0.1) is 11.2 Å². The van der Waals surface area contributed by atoms with Gasteiger partial charge in [-0.15, -0.1) is 0 Å². The second-order valence-electron chi connectivity index (χ2n) is 8.29. The molecule has 0 unspecified atom stereocenters. The van der Waals surface area contributed by atoms with Gasteiger partial charge < -0.3 is 9.31 Å². The van der Waals surface area contributed by atoms with Gasteiger partial charge in [-0.3, -0.25) is 0 Å². The quantitative estimate of drug-likeness (QED) is 0.733. The van der Waals surface area contributed by atoms with Crippen LogP contribution in [-0.2, 0) is 14.7 Å². The van der Waals surface area contributed by atoms with Gasteiger partial charge in [0.15, 0.2) is 0 Å². The summed E-state index contributed by atoms with van der Waals surface area (Å²) in [6.07, 6.45) is 0. The first kappa shape index (κ1) is 16.6. The Balaban J connectivity index is 2.17. The Labute approximate surface area is 130 Å². The topological polar surface area (TPSA) is 18.5 Å².